The lowest BCUT2D eigenvalue weighted by molar-refractivity contribution is 0.237. The summed E-state index contributed by atoms with van der Waals surface area (Å²) in [7, 11) is 0. The molecule has 0 heterocycles. The zero-order chi connectivity index (χ0) is 11.1. The highest BCUT2D eigenvalue weighted by Gasteiger charge is 2.09. The van der Waals surface area contributed by atoms with E-state index in [4.69, 9.17) is 10.9 Å². The van der Waals surface area contributed by atoms with Crippen LogP contribution in [0.25, 0.3) is 0 Å². The normalized spacial score (nSPS) is 13.9. The topological polar surface area (TPSA) is 99.7 Å². The summed E-state index contributed by atoms with van der Waals surface area (Å²) < 4.78 is 0. The second-order valence-corrected chi connectivity index (χ2v) is 3.43. The second kappa shape index (κ2) is 6.06. The average Bonchev–Trinajstić information content (AvgIpc) is 2.11. The van der Waals surface area contributed by atoms with Crippen molar-refractivity contribution in [3.05, 3.63) is 0 Å². The monoisotopic (exact) mass is 202 g/mol. The second-order valence-electron chi connectivity index (χ2n) is 3.43. The van der Waals surface area contributed by atoms with Crippen molar-refractivity contribution in [1.82, 2.24) is 10.6 Å². The maximum atomic E-state index is 11.1. The molecule has 6 nitrogen and oxygen atoms in total. The molecule has 0 bridgehead atoms. The van der Waals surface area contributed by atoms with Crippen LogP contribution in [0.5, 0.6) is 0 Å². The summed E-state index contributed by atoms with van der Waals surface area (Å²) in [6.07, 6.45) is 0. The Balaban J connectivity index is 3.77. The number of carbonyl (C=O) groups excluding carboxylic acids is 1. The van der Waals surface area contributed by atoms with E-state index in [1.54, 1.807) is 6.92 Å². The molecule has 0 fully saturated rings. The number of nitrogens with one attached hydrogen (secondary N) is 2. The SMILES string of the molecule is CC(C)NC(=O)NCC(C)C(N)=NO. The van der Waals surface area contributed by atoms with Gasteiger partial charge in [0.15, 0.2) is 0 Å². The number of nitrogens with zero attached hydrogens (tertiary/aromatic N) is 1. The van der Waals surface area contributed by atoms with E-state index >= 15 is 0 Å². The van der Waals surface area contributed by atoms with Crippen molar-refractivity contribution in [3.63, 3.8) is 0 Å². The fraction of sp³-hybridized carbons (Fsp3) is 0.750. The first-order chi connectivity index (χ1) is 6.47. The van der Waals surface area contributed by atoms with E-state index in [1.807, 2.05) is 13.8 Å². The summed E-state index contributed by atoms with van der Waals surface area (Å²) in [6.45, 7) is 5.83. The largest absolute Gasteiger partial charge is 0.409 e. The summed E-state index contributed by atoms with van der Waals surface area (Å²) in [6, 6.07) is -0.160. The van der Waals surface area contributed by atoms with Gasteiger partial charge in [-0.1, -0.05) is 12.1 Å². The molecule has 0 saturated heterocycles. The van der Waals surface area contributed by atoms with Crippen molar-refractivity contribution in [3.8, 4) is 0 Å². The summed E-state index contributed by atoms with van der Waals surface area (Å²) >= 11 is 0. The van der Waals surface area contributed by atoms with Gasteiger partial charge >= 0.3 is 6.03 Å². The van der Waals surface area contributed by atoms with Crippen LogP contribution in [0.1, 0.15) is 20.8 Å². The molecule has 0 aromatic heterocycles. The minimum absolute atomic E-state index is 0.0918. The van der Waals surface area contributed by atoms with E-state index in [0.29, 0.717) is 6.54 Å². The summed E-state index contributed by atoms with van der Waals surface area (Å²) in [4.78, 5) is 11.1. The molecular formula is C8H18N4O2. The Morgan fingerprint density at radius 3 is 2.50 bits per heavy atom. The number of rotatable bonds is 4. The number of amidine groups is 1. The summed E-state index contributed by atoms with van der Waals surface area (Å²) in [5.74, 6) is -0.0761. The fourth-order valence-electron chi connectivity index (χ4n) is 0.762. The molecule has 0 rings (SSSR count). The number of hydrogen-bond donors (Lipinski definition) is 4. The number of hydrogen-bond acceptors (Lipinski definition) is 3. The molecule has 2 amide bonds. The molecule has 1 atom stereocenters. The Hall–Kier alpha value is -1.46. The zero-order valence-electron chi connectivity index (χ0n) is 8.74. The number of urea groups is 1. The molecule has 0 spiro atoms. The van der Waals surface area contributed by atoms with Crippen molar-refractivity contribution in [2.24, 2.45) is 16.8 Å². The van der Waals surface area contributed by atoms with Crippen LogP contribution in [0.4, 0.5) is 4.79 Å². The highest BCUT2D eigenvalue weighted by molar-refractivity contribution is 5.83. The van der Waals surface area contributed by atoms with Crippen LogP contribution in [0.3, 0.4) is 0 Å². The zero-order valence-corrected chi connectivity index (χ0v) is 8.74. The molecule has 0 saturated carbocycles. The van der Waals surface area contributed by atoms with Crippen LogP contribution < -0.4 is 16.4 Å². The molecule has 82 valence electrons. The number of nitrogens with two attached hydrogens (primary N) is 1. The highest BCUT2D eigenvalue weighted by atomic mass is 16.4. The summed E-state index contributed by atoms with van der Waals surface area (Å²) in [5.41, 5.74) is 5.33. The van der Waals surface area contributed by atoms with E-state index in [2.05, 4.69) is 15.8 Å². The maximum absolute atomic E-state index is 11.1. The van der Waals surface area contributed by atoms with Crippen molar-refractivity contribution in [1.29, 1.82) is 0 Å². The van der Waals surface area contributed by atoms with Crippen LogP contribution in [-0.4, -0.2) is 29.7 Å². The Bertz CT molecular complexity index is 215. The van der Waals surface area contributed by atoms with Gasteiger partial charge in [-0.05, 0) is 13.8 Å². The lowest BCUT2D eigenvalue weighted by atomic mass is 10.1. The summed E-state index contributed by atoms with van der Waals surface area (Å²) in [5, 5.41) is 16.5. The molecule has 0 aliphatic carbocycles. The molecule has 0 aliphatic rings. The lowest BCUT2D eigenvalue weighted by Gasteiger charge is -2.13. The first-order valence-corrected chi connectivity index (χ1v) is 4.49. The van der Waals surface area contributed by atoms with Gasteiger partial charge in [-0.2, -0.15) is 0 Å². The van der Waals surface area contributed by atoms with Gasteiger partial charge in [-0.25, -0.2) is 4.79 Å². The maximum Gasteiger partial charge on any atom is 0.315 e. The van der Waals surface area contributed by atoms with E-state index in [0.717, 1.165) is 0 Å². The van der Waals surface area contributed by atoms with Crippen LogP contribution in [-0.2, 0) is 0 Å². The van der Waals surface area contributed by atoms with Gasteiger partial charge in [-0.3, -0.25) is 0 Å². The van der Waals surface area contributed by atoms with Crippen LogP contribution >= 0.6 is 0 Å². The molecular weight excluding hydrogens is 184 g/mol. The standard InChI is InChI=1S/C8H18N4O2/c1-5(2)11-8(13)10-4-6(3)7(9)12-14/h5-6,14H,4H2,1-3H3,(H2,9,12)(H2,10,11,13). The Labute approximate surface area is 83.5 Å². The molecule has 5 N–H and O–H groups in total. The van der Waals surface area contributed by atoms with Crippen LogP contribution in [0.15, 0.2) is 5.16 Å². The van der Waals surface area contributed by atoms with Gasteiger partial charge in [0.25, 0.3) is 0 Å². The number of carbonyl (C=O) groups is 1. The van der Waals surface area contributed by atoms with E-state index in [-0.39, 0.29) is 23.8 Å². The van der Waals surface area contributed by atoms with E-state index < -0.39 is 0 Å². The van der Waals surface area contributed by atoms with Crippen LogP contribution in [0.2, 0.25) is 0 Å². The van der Waals surface area contributed by atoms with E-state index in [1.165, 1.54) is 0 Å². The van der Waals surface area contributed by atoms with Gasteiger partial charge in [0.05, 0.1) is 0 Å². The molecule has 14 heavy (non-hydrogen) atoms. The molecule has 0 aromatic carbocycles. The smallest absolute Gasteiger partial charge is 0.315 e. The predicted octanol–water partition coefficient (Wildman–Crippen LogP) is 0.0765. The molecule has 6 heteroatoms. The predicted molar refractivity (Wildman–Crippen MR) is 54.2 cm³/mol. The first kappa shape index (κ1) is 12.5. The first-order valence-electron chi connectivity index (χ1n) is 4.49. The number of amides is 2. The third-order valence-electron chi connectivity index (χ3n) is 1.61. The van der Waals surface area contributed by atoms with Gasteiger partial charge < -0.3 is 21.6 Å². The minimum atomic E-state index is -0.252. The molecule has 0 radical (unpaired) electrons. The Morgan fingerprint density at radius 2 is 2.07 bits per heavy atom. The molecule has 0 aromatic rings. The van der Waals surface area contributed by atoms with Gasteiger partial charge in [0.2, 0.25) is 0 Å². The quantitative estimate of drug-likeness (QED) is 0.225. The van der Waals surface area contributed by atoms with E-state index in [9.17, 15) is 4.79 Å². The fourth-order valence-corrected chi connectivity index (χ4v) is 0.762. The van der Waals surface area contributed by atoms with Crippen molar-refractivity contribution < 1.29 is 10.0 Å². The van der Waals surface area contributed by atoms with Crippen molar-refractivity contribution in [2.75, 3.05) is 6.54 Å². The molecule has 0 aliphatic heterocycles. The minimum Gasteiger partial charge on any atom is -0.409 e. The van der Waals surface area contributed by atoms with Crippen molar-refractivity contribution >= 4 is 11.9 Å². The lowest BCUT2D eigenvalue weighted by Crippen LogP contribution is -2.43. The van der Waals surface area contributed by atoms with Crippen LogP contribution in [0, 0.1) is 5.92 Å². The Kier molecular flexibility index (Phi) is 5.43. The Morgan fingerprint density at radius 1 is 1.50 bits per heavy atom. The highest BCUT2D eigenvalue weighted by Crippen LogP contribution is 1.91. The third kappa shape index (κ3) is 5.23. The average molecular weight is 202 g/mol. The van der Waals surface area contributed by atoms with Crippen molar-refractivity contribution in [2.45, 2.75) is 26.8 Å². The number of oxime groups is 1. The van der Waals surface area contributed by atoms with Gasteiger partial charge in [-0.15, -0.1) is 0 Å². The van der Waals surface area contributed by atoms with Gasteiger partial charge in [0, 0.05) is 18.5 Å². The molecule has 1 unspecified atom stereocenters. The van der Waals surface area contributed by atoms with Gasteiger partial charge in [0.1, 0.15) is 5.84 Å². The third-order valence-corrected chi connectivity index (χ3v) is 1.61.